The first-order valence-corrected chi connectivity index (χ1v) is 13.4. The smallest absolute Gasteiger partial charge is 0.300 e. The number of aliphatic carboxylic acids is 2. The van der Waals surface area contributed by atoms with Crippen LogP contribution >= 0.6 is 0 Å². The number of methoxy groups -OCH3 is 2. The van der Waals surface area contributed by atoms with Crippen LogP contribution in [0.3, 0.4) is 0 Å². The normalized spacial score (nSPS) is 5.08. The molecule has 0 saturated carbocycles. The maximum absolute atomic E-state index is 9.70. The number of amides is 4. The number of carboxylic acids is 2. The quantitative estimate of drug-likeness (QED) is 0.174. The Labute approximate surface area is 368 Å². The molecular formula is C33H88N4O12Y2. The zero-order valence-electron chi connectivity index (χ0n) is 34.3. The first-order chi connectivity index (χ1) is 21.4. The second-order valence-corrected chi connectivity index (χ2v) is 4.93. The van der Waals surface area contributed by atoms with Gasteiger partial charge in [0.1, 0.15) is 0 Å². The average Bonchev–Trinajstić information content (AvgIpc) is 3.06. The van der Waals surface area contributed by atoms with Crippen LogP contribution in [0.2, 0.25) is 0 Å². The molecule has 0 aromatic carbocycles. The van der Waals surface area contributed by atoms with E-state index in [2.05, 4.69) is 30.7 Å². The van der Waals surface area contributed by atoms with Crippen molar-refractivity contribution in [1.29, 1.82) is 0 Å². The van der Waals surface area contributed by atoms with Gasteiger partial charge in [-0.3, -0.25) is 38.4 Å². The van der Waals surface area contributed by atoms with Crippen molar-refractivity contribution in [2.45, 2.75) is 134 Å². The minimum absolute atomic E-state index is 0. The molecule has 0 aromatic rings. The third-order valence-corrected chi connectivity index (χ3v) is 1.60. The second-order valence-electron chi connectivity index (χ2n) is 4.93. The number of hydrogen-bond donors (Lipinski definition) is 6. The molecule has 0 fully saturated rings. The molecule has 0 unspecified atom stereocenters. The van der Waals surface area contributed by atoms with E-state index in [0.29, 0.717) is 12.9 Å². The molecule has 0 rings (SSSR count). The molecule has 0 bridgehead atoms. The van der Waals surface area contributed by atoms with Crippen molar-refractivity contribution in [2.75, 3.05) is 42.4 Å². The molecule has 18 heteroatoms. The molecule has 2 radical (unpaired) electrons. The zero-order valence-corrected chi connectivity index (χ0v) is 39.0. The van der Waals surface area contributed by atoms with Crippen molar-refractivity contribution in [3.8, 4) is 0 Å². The van der Waals surface area contributed by atoms with Gasteiger partial charge in [-0.1, -0.05) is 92.5 Å². The number of carboxylic acid groups (broad SMARTS) is 2. The van der Waals surface area contributed by atoms with E-state index in [-0.39, 0.29) is 119 Å². The SMILES string of the molecule is C.C.C.C.CC.CC.CC.CC.CC(=O)O.CC(=O)O.CNC(C)=O.CNC(C)=O.CNC(C)=O.CNC(C)=O.COC=O.COC=O.[2H]C.[Y].[Y]. The third-order valence-electron chi connectivity index (χ3n) is 1.60. The Balaban J connectivity index is -0.0000000134. The molecule has 0 spiro atoms. The number of carbonyl (C=O) groups excluding carboxylic acids is 6. The Morgan fingerprint density at radius 3 is 0.490 bits per heavy atom. The van der Waals surface area contributed by atoms with E-state index in [4.69, 9.17) is 30.8 Å². The molecule has 16 nitrogen and oxygen atoms in total. The predicted molar refractivity (Wildman–Crippen MR) is 211 cm³/mol. The number of nitrogens with one attached hydrogen (secondary N) is 4. The van der Waals surface area contributed by atoms with Crippen LogP contribution in [0.25, 0.3) is 0 Å². The largest absolute Gasteiger partial charge is 0.481 e. The molecular weight excluding hydrogens is 822 g/mol. The Morgan fingerprint density at radius 1 is 0.451 bits per heavy atom. The van der Waals surface area contributed by atoms with Crippen LogP contribution in [0, 0.1) is 0 Å². The summed E-state index contributed by atoms with van der Waals surface area (Å²) in [4.78, 5) is 74.7. The standard InChI is InChI=1S/4C3H7NO.4C2H4O2.4C2H6.5CH4.2Y/c4*1-3(5)4-2;2*1-4-2-3;2*1-2(3)4;4*1-2;;;;;;;/h4*1-2H3,(H,4,5);2*2H,1H3;2*1H3,(H,3,4);4*1-2H3;5*1H4;;/i;;;;;;;;;;;;1D;;;;;;. The van der Waals surface area contributed by atoms with Crippen LogP contribution < -0.4 is 21.3 Å². The van der Waals surface area contributed by atoms with Crippen molar-refractivity contribution >= 4 is 48.5 Å². The van der Waals surface area contributed by atoms with Crippen molar-refractivity contribution in [3.05, 3.63) is 0 Å². The van der Waals surface area contributed by atoms with Gasteiger partial charge in [-0.2, -0.15) is 0 Å². The van der Waals surface area contributed by atoms with Crippen molar-refractivity contribution in [3.63, 3.8) is 0 Å². The van der Waals surface area contributed by atoms with Crippen LogP contribution in [0.4, 0.5) is 0 Å². The second kappa shape index (κ2) is 184. The van der Waals surface area contributed by atoms with Crippen LogP contribution in [0.5, 0.6) is 0 Å². The fourth-order valence-corrected chi connectivity index (χ4v) is 0. The maximum atomic E-state index is 9.70. The van der Waals surface area contributed by atoms with E-state index in [1.54, 1.807) is 28.2 Å². The number of hydrogen-bond acceptors (Lipinski definition) is 10. The zero-order chi connectivity index (χ0) is 41.1. The topological polar surface area (TPSA) is 244 Å². The van der Waals surface area contributed by atoms with Crippen molar-refractivity contribution in [1.82, 2.24) is 21.3 Å². The fourth-order valence-electron chi connectivity index (χ4n) is 0. The monoisotopic (exact) mass is 911 g/mol. The van der Waals surface area contributed by atoms with Gasteiger partial charge in [0.05, 0.1) is 14.2 Å². The predicted octanol–water partition coefficient (Wildman–Crippen LogP) is 6.05. The summed E-state index contributed by atoms with van der Waals surface area (Å²) >= 11 is 0. The van der Waals surface area contributed by atoms with E-state index in [1.165, 1.54) is 49.3 Å². The summed E-state index contributed by atoms with van der Waals surface area (Å²) in [5, 5.41) is 24.4. The number of carbonyl (C=O) groups is 8. The van der Waals surface area contributed by atoms with Crippen molar-refractivity contribution in [2.24, 2.45) is 0 Å². The van der Waals surface area contributed by atoms with E-state index < -0.39 is 11.9 Å². The Morgan fingerprint density at radius 2 is 0.490 bits per heavy atom. The van der Waals surface area contributed by atoms with Crippen LogP contribution in [-0.4, -0.2) is 101 Å². The third kappa shape index (κ3) is 1600. The first kappa shape index (κ1) is 117. The molecule has 4 amide bonds. The fraction of sp³-hybridized carbons (Fsp3) is 0.758. The Kier molecular flexibility index (Phi) is 424. The molecule has 318 valence electrons. The van der Waals surface area contributed by atoms with Gasteiger partial charge in [-0.15, -0.1) is 0 Å². The van der Waals surface area contributed by atoms with Gasteiger partial charge in [-0.05, 0) is 0 Å². The summed E-state index contributed by atoms with van der Waals surface area (Å²) in [7, 11) is 10.3. The van der Waals surface area contributed by atoms with Gasteiger partial charge < -0.3 is 41.0 Å². The summed E-state index contributed by atoms with van der Waals surface area (Å²) in [6.07, 6.45) is 0. The van der Waals surface area contributed by atoms with E-state index >= 15 is 0 Å². The van der Waals surface area contributed by atoms with Gasteiger partial charge in [0.2, 0.25) is 23.6 Å². The van der Waals surface area contributed by atoms with E-state index in [0.717, 1.165) is 13.8 Å². The van der Waals surface area contributed by atoms with Crippen LogP contribution in [-0.2, 0) is 113 Å². The van der Waals surface area contributed by atoms with Gasteiger partial charge in [-0.25, -0.2) is 0 Å². The Bertz CT molecular complexity index is 501. The summed E-state index contributed by atoms with van der Waals surface area (Å²) in [6.45, 7) is 24.8. The summed E-state index contributed by atoms with van der Waals surface area (Å²) in [5.41, 5.74) is 0. The molecule has 0 aliphatic heterocycles. The molecule has 0 aromatic heterocycles. The number of rotatable bonds is 2. The van der Waals surface area contributed by atoms with Crippen LogP contribution in [0.15, 0.2) is 0 Å². The molecule has 6 N–H and O–H groups in total. The molecule has 0 aliphatic carbocycles. The summed E-state index contributed by atoms with van der Waals surface area (Å²) < 4.78 is 13.5. The van der Waals surface area contributed by atoms with Crippen molar-refractivity contribution < 1.29 is 125 Å². The average molecular weight is 912 g/mol. The van der Waals surface area contributed by atoms with E-state index in [9.17, 15) is 19.2 Å². The van der Waals surface area contributed by atoms with Gasteiger partial charge in [0.25, 0.3) is 24.9 Å². The first-order valence-electron chi connectivity index (χ1n) is 14.4. The van der Waals surface area contributed by atoms with Crippen LogP contribution in [0.1, 0.15) is 135 Å². The minimum Gasteiger partial charge on any atom is -0.481 e. The molecule has 0 atom stereocenters. The summed E-state index contributed by atoms with van der Waals surface area (Å²) in [6, 6.07) is 0. The molecule has 0 saturated heterocycles. The Hall–Kier alpha value is -2.03. The number of ether oxygens (including phenoxy) is 2. The van der Waals surface area contributed by atoms with Gasteiger partial charge in [0, 0.05) is 137 Å². The summed E-state index contributed by atoms with van der Waals surface area (Å²) in [5.74, 6) is -1.65. The van der Waals surface area contributed by atoms with E-state index in [1.807, 2.05) is 55.4 Å². The molecule has 0 aliphatic rings. The maximum Gasteiger partial charge on any atom is 0.300 e. The molecule has 51 heavy (non-hydrogen) atoms. The minimum atomic E-state index is -0.833. The van der Waals surface area contributed by atoms with Gasteiger partial charge in [0.15, 0.2) is 0 Å². The van der Waals surface area contributed by atoms with Gasteiger partial charge >= 0.3 is 0 Å². The molecule has 0 heterocycles.